The predicted molar refractivity (Wildman–Crippen MR) is 127 cm³/mol. The number of rotatable bonds is 6. The molecule has 1 heterocycles. The number of carbonyl (C=O) groups excluding carboxylic acids is 2. The summed E-state index contributed by atoms with van der Waals surface area (Å²) >= 11 is 6.26. The number of amides is 1. The van der Waals surface area contributed by atoms with Crippen LogP contribution in [0.2, 0.25) is 5.02 Å². The Morgan fingerprint density at radius 1 is 1.09 bits per heavy atom. The summed E-state index contributed by atoms with van der Waals surface area (Å²) in [4.78, 5) is 27.5. The molecule has 1 amide bonds. The van der Waals surface area contributed by atoms with Crippen molar-refractivity contribution in [1.29, 1.82) is 0 Å². The van der Waals surface area contributed by atoms with Gasteiger partial charge in [-0.05, 0) is 55.5 Å². The van der Waals surface area contributed by atoms with Crippen LogP contribution < -0.4 is 14.4 Å². The van der Waals surface area contributed by atoms with E-state index < -0.39 is 29.3 Å². The number of ketones is 1. The largest absolute Gasteiger partial charge is 0.507 e. The van der Waals surface area contributed by atoms with E-state index in [1.807, 2.05) is 6.92 Å². The van der Waals surface area contributed by atoms with Crippen LogP contribution in [0, 0.1) is 5.82 Å². The highest BCUT2D eigenvalue weighted by molar-refractivity contribution is 6.51. The molecule has 1 unspecified atom stereocenters. The molecule has 174 valence electrons. The molecule has 3 aromatic rings. The number of halogens is 2. The van der Waals surface area contributed by atoms with Gasteiger partial charge in [-0.15, -0.1) is 0 Å². The SMILES string of the molecule is CCOc1ccc(/C(O)=C2\C(=O)C(=O)N(c3ccc(OC)c(Cl)c3)C2c2ccccc2F)cc1. The fourth-order valence-corrected chi connectivity index (χ4v) is 4.18. The summed E-state index contributed by atoms with van der Waals surface area (Å²) in [6, 6.07) is 15.5. The summed E-state index contributed by atoms with van der Waals surface area (Å²) in [6.45, 7) is 2.31. The van der Waals surface area contributed by atoms with Gasteiger partial charge in [0.2, 0.25) is 0 Å². The van der Waals surface area contributed by atoms with Crippen LogP contribution in [-0.4, -0.2) is 30.5 Å². The van der Waals surface area contributed by atoms with Crippen molar-refractivity contribution in [1.82, 2.24) is 0 Å². The van der Waals surface area contributed by atoms with Crippen LogP contribution >= 0.6 is 11.6 Å². The van der Waals surface area contributed by atoms with Gasteiger partial charge in [-0.25, -0.2) is 4.39 Å². The van der Waals surface area contributed by atoms with Crippen LogP contribution in [0.15, 0.2) is 72.3 Å². The number of Topliss-reactive ketones (excluding diaryl/α,β-unsaturated/α-hetero) is 1. The molecule has 0 spiro atoms. The van der Waals surface area contributed by atoms with Gasteiger partial charge < -0.3 is 14.6 Å². The highest BCUT2D eigenvalue weighted by Gasteiger charge is 2.48. The van der Waals surface area contributed by atoms with Crippen molar-refractivity contribution >= 4 is 34.7 Å². The fourth-order valence-electron chi connectivity index (χ4n) is 3.93. The van der Waals surface area contributed by atoms with E-state index >= 15 is 0 Å². The maximum atomic E-state index is 14.9. The third kappa shape index (κ3) is 4.10. The van der Waals surface area contributed by atoms with Gasteiger partial charge in [-0.1, -0.05) is 29.8 Å². The molecule has 0 aromatic heterocycles. The summed E-state index contributed by atoms with van der Waals surface area (Å²) in [6.07, 6.45) is 0. The van der Waals surface area contributed by atoms with Gasteiger partial charge in [-0.3, -0.25) is 14.5 Å². The molecule has 4 rings (SSSR count). The van der Waals surface area contributed by atoms with Crippen molar-refractivity contribution in [3.63, 3.8) is 0 Å². The van der Waals surface area contributed by atoms with Crippen LogP contribution in [0.5, 0.6) is 11.5 Å². The predicted octanol–water partition coefficient (Wildman–Crippen LogP) is 5.51. The Morgan fingerprint density at radius 2 is 1.79 bits per heavy atom. The molecule has 3 aromatic carbocycles. The van der Waals surface area contributed by atoms with E-state index in [1.165, 1.54) is 31.4 Å². The lowest BCUT2D eigenvalue weighted by molar-refractivity contribution is -0.132. The van der Waals surface area contributed by atoms with Gasteiger partial charge in [0.15, 0.2) is 0 Å². The molecule has 0 bridgehead atoms. The molecule has 1 saturated heterocycles. The zero-order valence-electron chi connectivity index (χ0n) is 18.4. The maximum absolute atomic E-state index is 14.9. The fraction of sp³-hybridized carbons (Fsp3) is 0.154. The molecule has 1 N–H and O–H groups in total. The normalized spacial score (nSPS) is 17.2. The second-order valence-electron chi connectivity index (χ2n) is 7.47. The van der Waals surface area contributed by atoms with Crippen LogP contribution in [0.1, 0.15) is 24.1 Å². The van der Waals surface area contributed by atoms with Crippen molar-refractivity contribution in [2.75, 3.05) is 18.6 Å². The molecule has 1 fully saturated rings. The topological polar surface area (TPSA) is 76.1 Å². The number of hydrogen-bond acceptors (Lipinski definition) is 5. The molecular formula is C26H21ClFNO5. The number of ether oxygens (including phenoxy) is 2. The third-order valence-corrected chi connectivity index (χ3v) is 5.79. The van der Waals surface area contributed by atoms with Gasteiger partial charge >= 0.3 is 0 Å². The molecule has 8 heteroatoms. The Kier molecular flexibility index (Phi) is 6.56. The smallest absolute Gasteiger partial charge is 0.300 e. The van der Waals surface area contributed by atoms with Crippen molar-refractivity contribution in [3.05, 3.63) is 94.3 Å². The monoisotopic (exact) mass is 481 g/mol. The first-order valence-corrected chi connectivity index (χ1v) is 10.9. The first kappa shape index (κ1) is 23.3. The van der Waals surface area contributed by atoms with Crippen LogP contribution in [0.3, 0.4) is 0 Å². The minimum absolute atomic E-state index is 0.0566. The van der Waals surface area contributed by atoms with Crippen molar-refractivity contribution in [3.8, 4) is 11.5 Å². The standard InChI is InChI=1S/C26H21ClFNO5/c1-3-34-17-11-8-15(9-12-17)24(30)22-23(18-6-4-5-7-20(18)28)29(26(32)25(22)31)16-10-13-21(33-2)19(27)14-16/h4-14,23,30H,3H2,1-2H3/b24-22+. The van der Waals surface area contributed by atoms with Gasteiger partial charge in [-0.2, -0.15) is 0 Å². The highest BCUT2D eigenvalue weighted by Crippen LogP contribution is 2.44. The lowest BCUT2D eigenvalue weighted by atomic mass is 9.94. The number of aliphatic hydroxyl groups is 1. The van der Waals surface area contributed by atoms with E-state index in [-0.39, 0.29) is 27.4 Å². The van der Waals surface area contributed by atoms with Gasteiger partial charge in [0.1, 0.15) is 23.1 Å². The lowest BCUT2D eigenvalue weighted by Crippen LogP contribution is -2.29. The molecule has 1 aliphatic heterocycles. The number of methoxy groups -OCH3 is 1. The molecule has 0 radical (unpaired) electrons. The third-order valence-electron chi connectivity index (χ3n) is 5.50. The Balaban J connectivity index is 1.91. The molecule has 1 aliphatic rings. The second kappa shape index (κ2) is 9.57. The summed E-state index contributed by atoms with van der Waals surface area (Å²) in [5.74, 6) is -1.95. The number of carbonyl (C=O) groups is 2. The van der Waals surface area contributed by atoms with Gasteiger partial charge in [0, 0.05) is 16.8 Å². The number of benzene rings is 3. The van der Waals surface area contributed by atoms with Gasteiger partial charge in [0.25, 0.3) is 11.7 Å². The maximum Gasteiger partial charge on any atom is 0.300 e. The Labute approximate surface area is 200 Å². The van der Waals surface area contributed by atoms with Crippen molar-refractivity contribution in [2.24, 2.45) is 0 Å². The molecule has 6 nitrogen and oxygen atoms in total. The summed E-state index contributed by atoms with van der Waals surface area (Å²) in [7, 11) is 1.45. The quantitative estimate of drug-likeness (QED) is 0.285. The van der Waals surface area contributed by atoms with E-state index in [0.717, 1.165) is 4.90 Å². The lowest BCUT2D eigenvalue weighted by Gasteiger charge is -2.26. The van der Waals surface area contributed by atoms with E-state index in [0.29, 0.717) is 18.1 Å². The average molecular weight is 482 g/mol. The van der Waals surface area contributed by atoms with E-state index in [1.54, 1.807) is 42.5 Å². The van der Waals surface area contributed by atoms with E-state index in [9.17, 15) is 19.1 Å². The first-order chi connectivity index (χ1) is 16.4. The van der Waals surface area contributed by atoms with Crippen LogP contribution in [0.25, 0.3) is 5.76 Å². The van der Waals surface area contributed by atoms with E-state index in [2.05, 4.69) is 0 Å². The minimum Gasteiger partial charge on any atom is -0.507 e. The number of hydrogen-bond donors (Lipinski definition) is 1. The van der Waals surface area contributed by atoms with E-state index in [4.69, 9.17) is 21.1 Å². The van der Waals surface area contributed by atoms with Crippen molar-refractivity contribution < 1.29 is 28.6 Å². The summed E-state index contributed by atoms with van der Waals surface area (Å²) in [5.41, 5.74) is 0.370. The highest BCUT2D eigenvalue weighted by atomic mass is 35.5. The molecule has 1 atom stereocenters. The Bertz CT molecular complexity index is 1290. The minimum atomic E-state index is -1.21. The summed E-state index contributed by atoms with van der Waals surface area (Å²) in [5, 5.41) is 11.3. The number of nitrogens with zero attached hydrogens (tertiary/aromatic N) is 1. The molecule has 0 saturated carbocycles. The van der Waals surface area contributed by atoms with Crippen LogP contribution in [0.4, 0.5) is 10.1 Å². The number of aliphatic hydroxyl groups excluding tert-OH is 1. The number of anilines is 1. The molecule has 0 aliphatic carbocycles. The zero-order valence-corrected chi connectivity index (χ0v) is 19.2. The molecular weight excluding hydrogens is 461 g/mol. The Morgan fingerprint density at radius 3 is 2.41 bits per heavy atom. The Hall–Kier alpha value is -3.84. The average Bonchev–Trinajstić information content (AvgIpc) is 3.10. The van der Waals surface area contributed by atoms with Crippen LogP contribution in [-0.2, 0) is 9.59 Å². The molecule has 34 heavy (non-hydrogen) atoms. The van der Waals surface area contributed by atoms with Crippen molar-refractivity contribution in [2.45, 2.75) is 13.0 Å². The zero-order chi connectivity index (χ0) is 24.4. The van der Waals surface area contributed by atoms with Gasteiger partial charge in [0.05, 0.1) is 30.4 Å². The second-order valence-corrected chi connectivity index (χ2v) is 7.87. The first-order valence-electron chi connectivity index (χ1n) is 10.5. The summed E-state index contributed by atoms with van der Waals surface area (Å²) < 4.78 is 25.5.